The Kier molecular flexibility index (Phi) is 6.97. The number of benzene rings is 3. The summed E-state index contributed by atoms with van der Waals surface area (Å²) in [5.41, 5.74) is 2.68. The monoisotopic (exact) mass is 438 g/mol. The fourth-order valence-corrected chi connectivity index (χ4v) is 4.23. The molecule has 0 atom stereocenters. The summed E-state index contributed by atoms with van der Waals surface area (Å²) in [6.45, 7) is 4.72. The van der Waals surface area contributed by atoms with Crippen molar-refractivity contribution in [2.75, 3.05) is 18.0 Å². The van der Waals surface area contributed by atoms with Gasteiger partial charge >= 0.3 is 0 Å². The van der Waals surface area contributed by atoms with Gasteiger partial charge in [-0.15, -0.1) is 0 Å². The molecule has 3 rings (SSSR count). The maximum absolute atomic E-state index is 12.9. The number of hydrogen-bond donors (Lipinski definition) is 1. The van der Waals surface area contributed by atoms with E-state index in [-0.39, 0.29) is 10.8 Å². The van der Waals surface area contributed by atoms with Crippen LogP contribution < -0.4 is 14.4 Å². The standard InChI is InChI=1S/C24H26N2O4S/c1-4-30-22-10-5-7-19(15-22)17-25-24(27)20-8-6-9-21(16-20)26(3)31(28,29)23-13-11-18(2)12-14-23/h5-16H,4,17H2,1-3H3,(H,25,27). The minimum Gasteiger partial charge on any atom is -0.494 e. The molecule has 0 unspecified atom stereocenters. The molecule has 0 bridgehead atoms. The summed E-state index contributed by atoms with van der Waals surface area (Å²) in [6, 6.07) is 20.7. The minimum absolute atomic E-state index is 0.199. The summed E-state index contributed by atoms with van der Waals surface area (Å²) in [7, 11) is -2.25. The SMILES string of the molecule is CCOc1cccc(CNC(=O)c2cccc(N(C)S(=O)(=O)c3ccc(C)cc3)c2)c1. The van der Waals surface area contributed by atoms with Crippen LogP contribution in [0.25, 0.3) is 0 Å². The van der Waals surface area contributed by atoms with Gasteiger partial charge in [-0.2, -0.15) is 0 Å². The van der Waals surface area contributed by atoms with Gasteiger partial charge in [0.2, 0.25) is 0 Å². The topological polar surface area (TPSA) is 75.7 Å². The lowest BCUT2D eigenvalue weighted by atomic mass is 10.1. The van der Waals surface area contributed by atoms with Gasteiger partial charge in [0.05, 0.1) is 17.2 Å². The van der Waals surface area contributed by atoms with E-state index in [0.717, 1.165) is 16.9 Å². The highest BCUT2D eigenvalue weighted by atomic mass is 32.2. The number of amides is 1. The number of nitrogens with zero attached hydrogens (tertiary/aromatic N) is 1. The van der Waals surface area contributed by atoms with E-state index in [4.69, 9.17) is 4.74 Å². The second kappa shape index (κ2) is 9.66. The van der Waals surface area contributed by atoms with Crippen molar-refractivity contribution in [3.63, 3.8) is 0 Å². The Morgan fingerprint density at radius 1 is 1.00 bits per heavy atom. The van der Waals surface area contributed by atoms with Crippen molar-refractivity contribution >= 4 is 21.6 Å². The fourth-order valence-electron chi connectivity index (χ4n) is 3.05. The number of carbonyl (C=O) groups is 1. The van der Waals surface area contributed by atoms with E-state index in [1.54, 1.807) is 48.5 Å². The van der Waals surface area contributed by atoms with Gasteiger partial charge in [0.1, 0.15) is 5.75 Å². The molecule has 0 saturated heterocycles. The Morgan fingerprint density at radius 3 is 2.42 bits per heavy atom. The van der Waals surface area contributed by atoms with Gasteiger partial charge in [0.15, 0.2) is 0 Å². The molecule has 6 nitrogen and oxygen atoms in total. The summed E-state index contributed by atoms with van der Waals surface area (Å²) in [6.07, 6.45) is 0. The summed E-state index contributed by atoms with van der Waals surface area (Å²) < 4.78 is 32.5. The Labute approximate surface area is 183 Å². The number of rotatable bonds is 8. The van der Waals surface area contributed by atoms with E-state index in [1.807, 2.05) is 38.1 Å². The van der Waals surface area contributed by atoms with Crippen LogP contribution >= 0.6 is 0 Å². The van der Waals surface area contributed by atoms with Gasteiger partial charge < -0.3 is 10.1 Å². The molecule has 0 aliphatic heterocycles. The van der Waals surface area contributed by atoms with E-state index in [1.165, 1.54) is 11.4 Å². The van der Waals surface area contributed by atoms with Crippen LogP contribution in [0.5, 0.6) is 5.75 Å². The first-order valence-corrected chi connectivity index (χ1v) is 11.4. The van der Waals surface area contributed by atoms with Crippen molar-refractivity contribution in [3.05, 3.63) is 89.5 Å². The molecule has 0 aromatic heterocycles. The second-order valence-electron chi connectivity index (χ2n) is 7.10. The highest BCUT2D eigenvalue weighted by molar-refractivity contribution is 7.92. The summed E-state index contributed by atoms with van der Waals surface area (Å²) >= 11 is 0. The number of hydrogen-bond acceptors (Lipinski definition) is 4. The third-order valence-corrected chi connectivity index (χ3v) is 6.61. The quantitative estimate of drug-likeness (QED) is 0.573. The zero-order valence-corrected chi connectivity index (χ0v) is 18.6. The van der Waals surface area contributed by atoms with Crippen molar-refractivity contribution in [1.29, 1.82) is 0 Å². The van der Waals surface area contributed by atoms with Crippen molar-refractivity contribution in [3.8, 4) is 5.75 Å². The molecule has 162 valence electrons. The first-order valence-electron chi connectivity index (χ1n) is 9.97. The molecule has 1 amide bonds. The lowest BCUT2D eigenvalue weighted by Crippen LogP contribution is -2.27. The van der Waals surface area contributed by atoms with Gasteiger partial charge in [0, 0.05) is 19.2 Å². The van der Waals surface area contributed by atoms with Crippen molar-refractivity contribution < 1.29 is 17.9 Å². The van der Waals surface area contributed by atoms with E-state index in [0.29, 0.717) is 24.4 Å². The average Bonchev–Trinajstić information content (AvgIpc) is 2.78. The molecule has 1 N–H and O–H groups in total. The molecule has 3 aromatic carbocycles. The first kappa shape index (κ1) is 22.4. The molecular weight excluding hydrogens is 412 g/mol. The van der Waals surface area contributed by atoms with E-state index < -0.39 is 10.0 Å². The van der Waals surface area contributed by atoms with Gasteiger partial charge in [-0.3, -0.25) is 9.10 Å². The summed E-state index contributed by atoms with van der Waals surface area (Å²) in [5, 5.41) is 2.86. The molecule has 31 heavy (non-hydrogen) atoms. The van der Waals surface area contributed by atoms with Crippen LogP contribution in [0.2, 0.25) is 0 Å². The maximum atomic E-state index is 12.9. The largest absolute Gasteiger partial charge is 0.494 e. The van der Waals surface area contributed by atoms with Crippen LogP contribution in [0.3, 0.4) is 0 Å². The molecule has 0 aliphatic rings. The predicted octanol–water partition coefficient (Wildman–Crippen LogP) is 4.15. The van der Waals surface area contributed by atoms with Crippen LogP contribution in [-0.4, -0.2) is 28.0 Å². The Morgan fingerprint density at radius 2 is 1.71 bits per heavy atom. The zero-order chi connectivity index (χ0) is 22.4. The summed E-state index contributed by atoms with van der Waals surface area (Å²) in [4.78, 5) is 12.8. The average molecular weight is 439 g/mol. The maximum Gasteiger partial charge on any atom is 0.264 e. The number of ether oxygens (including phenoxy) is 1. The van der Waals surface area contributed by atoms with Crippen LogP contribution in [0.15, 0.2) is 77.7 Å². The highest BCUT2D eigenvalue weighted by Crippen LogP contribution is 2.23. The van der Waals surface area contributed by atoms with Crippen LogP contribution in [-0.2, 0) is 16.6 Å². The lowest BCUT2D eigenvalue weighted by molar-refractivity contribution is 0.0951. The number of sulfonamides is 1. The molecule has 3 aromatic rings. The van der Waals surface area contributed by atoms with Gasteiger partial charge in [-0.25, -0.2) is 8.42 Å². The van der Waals surface area contributed by atoms with E-state index in [2.05, 4.69) is 5.32 Å². The third-order valence-electron chi connectivity index (χ3n) is 4.81. The van der Waals surface area contributed by atoms with Gasteiger partial charge in [-0.1, -0.05) is 35.9 Å². The Bertz CT molecular complexity index is 1160. The van der Waals surface area contributed by atoms with Gasteiger partial charge in [0.25, 0.3) is 15.9 Å². The molecular formula is C24H26N2O4S. The summed E-state index contributed by atoms with van der Waals surface area (Å²) in [5.74, 6) is 0.462. The third kappa shape index (κ3) is 5.44. The number of carbonyl (C=O) groups excluding carboxylic acids is 1. The number of anilines is 1. The highest BCUT2D eigenvalue weighted by Gasteiger charge is 2.21. The molecule has 0 aliphatic carbocycles. The van der Waals surface area contributed by atoms with E-state index in [9.17, 15) is 13.2 Å². The Balaban J connectivity index is 1.74. The van der Waals surface area contributed by atoms with Crippen molar-refractivity contribution in [2.45, 2.75) is 25.3 Å². The smallest absolute Gasteiger partial charge is 0.264 e. The van der Waals surface area contributed by atoms with Crippen molar-refractivity contribution in [2.24, 2.45) is 0 Å². The van der Waals surface area contributed by atoms with Crippen LogP contribution in [0.1, 0.15) is 28.4 Å². The molecule has 7 heteroatoms. The van der Waals surface area contributed by atoms with E-state index >= 15 is 0 Å². The minimum atomic E-state index is -3.73. The molecule has 0 heterocycles. The van der Waals surface area contributed by atoms with Crippen LogP contribution in [0.4, 0.5) is 5.69 Å². The number of aryl methyl sites for hydroxylation is 1. The first-order chi connectivity index (χ1) is 14.8. The Hall–Kier alpha value is -3.32. The van der Waals surface area contributed by atoms with Crippen LogP contribution in [0, 0.1) is 6.92 Å². The molecule has 0 radical (unpaired) electrons. The molecule has 0 fully saturated rings. The van der Waals surface area contributed by atoms with Gasteiger partial charge in [-0.05, 0) is 61.9 Å². The number of nitrogens with one attached hydrogen (secondary N) is 1. The molecule has 0 spiro atoms. The molecule has 0 saturated carbocycles. The predicted molar refractivity (Wildman–Crippen MR) is 122 cm³/mol. The fraction of sp³-hybridized carbons (Fsp3) is 0.208. The second-order valence-corrected chi connectivity index (χ2v) is 9.07. The zero-order valence-electron chi connectivity index (χ0n) is 17.8. The lowest BCUT2D eigenvalue weighted by Gasteiger charge is -2.20. The van der Waals surface area contributed by atoms with Crippen molar-refractivity contribution in [1.82, 2.24) is 5.32 Å². The normalized spacial score (nSPS) is 11.1.